The fourth-order valence-electron chi connectivity index (χ4n) is 2.18. The topological polar surface area (TPSA) is 68.0 Å². The Morgan fingerprint density at radius 3 is 2.81 bits per heavy atom. The number of hydrogen-bond acceptors (Lipinski definition) is 3. The van der Waals surface area contributed by atoms with Crippen LogP contribution in [0.4, 0.5) is 15.8 Å². The number of anilines is 2. The predicted molar refractivity (Wildman–Crippen MR) is 80.5 cm³/mol. The van der Waals surface area contributed by atoms with Crippen molar-refractivity contribution in [3.8, 4) is 0 Å². The standard InChI is InChI=1S/C16H12FN3O/c17-10-7-11(18)9-12(8-10)20-16(21)14-3-1-5-15-13(14)4-2-6-19-15/h1-9H,18H2,(H,20,21). The van der Waals surface area contributed by atoms with Crippen molar-refractivity contribution >= 4 is 28.2 Å². The van der Waals surface area contributed by atoms with Crippen molar-refractivity contribution in [3.05, 3.63) is 66.1 Å². The zero-order valence-corrected chi connectivity index (χ0v) is 11.0. The summed E-state index contributed by atoms with van der Waals surface area (Å²) in [5.74, 6) is -0.830. The van der Waals surface area contributed by atoms with E-state index < -0.39 is 5.82 Å². The number of hydrogen-bond donors (Lipinski definition) is 2. The molecular formula is C16H12FN3O. The normalized spacial score (nSPS) is 10.5. The molecule has 4 nitrogen and oxygen atoms in total. The minimum atomic E-state index is -0.495. The number of pyridine rings is 1. The van der Waals surface area contributed by atoms with E-state index in [4.69, 9.17) is 5.73 Å². The van der Waals surface area contributed by atoms with E-state index in [1.54, 1.807) is 24.4 Å². The molecule has 104 valence electrons. The van der Waals surface area contributed by atoms with Crippen molar-refractivity contribution in [2.45, 2.75) is 0 Å². The van der Waals surface area contributed by atoms with E-state index >= 15 is 0 Å². The van der Waals surface area contributed by atoms with Gasteiger partial charge in [0.15, 0.2) is 0 Å². The van der Waals surface area contributed by atoms with E-state index in [0.717, 1.165) is 10.9 Å². The molecule has 0 aliphatic heterocycles. The lowest BCUT2D eigenvalue weighted by atomic mass is 10.1. The number of halogens is 1. The number of nitrogens with one attached hydrogen (secondary N) is 1. The van der Waals surface area contributed by atoms with Crippen molar-refractivity contribution < 1.29 is 9.18 Å². The third-order valence-corrected chi connectivity index (χ3v) is 3.07. The van der Waals surface area contributed by atoms with E-state index in [0.29, 0.717) is 11.3 Å². The molecule has 3 aromatic rings. The first kappa shape index (κ1) is 13.1. The van der Waals surface area contributed by atoms with E-state index in [9.17, 15) is 9.18 Å². The fourth-order valence-corrected chi connectivity index (χ4v) is 2.18. The van der Waals surface area contributed by atoms with Crippen LogP contribution in [0.1, 0.15) is 10.4 Å². The first-order chi connectivity index (χ1) is 10.1. The molecule has 1 heterocycles. The van der Waals surface area contributed by atoms with Crippen molar-refractivity contribution in [2.75, 3.05) is 11.1 Å². The van der Waals surface area contributed by atoms with E-state index in [2.05, 4.69) is 10.3 Å². The Hall–Kier alpha value is -2.95. The number of amides is 1. The van der Waals surface area contributed by atoms with Gasteiger partial charge in [0, 0.05) is 28.5 Å². The highest BCUT2D eigenvalue weighted by Gasteiger charge is 2.11. The number of nitrogens with zero attached hydrogens (tertiary/aromatic N) is 1. The number of nitrogens with two attached hydrogens (primary N) is 1. The zero-order valence-electron chi connectivity index (χ0n) is 11.0. The Kier molecular flexibility index (Phi) is 3.23. The van der Waals surface area contributed by atoms with Gasteiger partial charge in [0.25, 0.3) is 5.91 Å². The summed E-state index contributed by atoms with van der Waals surface area (Å²) in [5.41, 5.74) is 7.34. The maximum absolute atomic E-state index is 13.3. The second kappa shape index (κ2) is 5.20. The second-order valence-corrected chi connectivity index (χ2v) is 4.60. The molecule has 0 saturated heterocycles. The second-order valence-electron chi connectivity index (χ2n) is 4.60. The van der Waals surface area contributed by atoms with E-state index in [1.165, 1.54) is 18.2 Å². The van der Waals surface area contributed by atoms with E-state index in [1.807, 2.05) is 12.1 Å². The van der Waals surface area contributed by atoms with Gasteiger partial charge in [-0.25, -0.2) is 4.39 Å². The monoisotopic (exact) mass is 281 g/mol. The third-order valence-electron chi connectivity index (χ3n) is 3.07. The Bertz CT molecular complexity index is 807. The van der Waals surface area contributed by atoms with Crippen LogP contribution in [0.2, 0.25) is 0 Å². The fraction of sp³-hybridized carbons (Fsp3) is 0. The number of fused-ring (bicyclic) bond motifs is 1. The maximum Gasteiger partial charge on any atom is 0.256 e. The van der Waals surface area contributed by atoms with Crippen molar-refractivity contribution in [2.24, 2.45) is 0 Å². The van der Waals surface area contributed by atoms with Crippen LogP contribution >= 0.6 is 0 Å². The average molecular weight is 281 g/mol. The molecule has 0 atom stereocenters. The molecule has 0 saturated carbocycles. The molecule has 0 aliphatic carbocycles. The van der Waals surface area contributed by atoms with Crippen LogP contribution in [0, 0.1) is 5.82 Å². The highest BCUT2D eigenvalue weighted by molar-refractivity contribution is 6.12. The largest absolute Gasteiger partial charge is 0.399 e. The molecule has 0 unspecified atom stereocenters. The molecule has 1 aromatic heterocycles. The maximum atomic E-state index is 13.3. The average Bonchev–Trinajstić information content (AvgIpc) is 2.45. The van der Waals surface area contributed by atoms with Crippen LogP contribution in [0.25, 0.3) is 10.9 Å². The highest BCUT2D eigenvalue weighted by Crippen LogP contribution is 2.20. The third kappa shape index (κ3) is 2.67. The molecule has 21 heavy (non-hydrogen) atoms. The summed E-state index contributed by atoms with van der Waals surface area (Å²) < 4.78 is 13.3. The highest BCUT2D eigenvalue weighted by atomic mass is 19.1. The van der Waals surface area contributed by atoms with Gasteiger partial charge >= 0.3 is 0 Å². The first-order valence-electron chi connectivity index (χ1n) is 6.34. The van der Waals surface area contributed by atoms with Crippen LogP contribution in [-0.2, 0) is 0 Å². The Morgan fingerprint density at radius 2 is 2.00 bits per heavy atom. The summed E-state index contributed by atoms with van der Waals surface area (Å²) in [7, 11) is 0. The summed E-state index contributed by atoms with van der Waals surface area (Å²) in [5, 5.41) is 3.38. The Balaban J connectivity index is 1.97. The number of rotatable bonds is 2. The van der Waals surface area contributed by atoms with Gasteiger partial charge in [0.2, 0.25) is 0 Å². The van der Waals surface area contributed by atoms with Crippen LogP contribution in [-0.4, -0.2) is 10.9 Å². The summed E-state index contributed by atoms with van der Waals surface area (Å²) in [4.78, 5) is 16.5. The SMILES string of the molecule is Nc1cc(F)cc(NC(=O)c2cccc3ncccc23)c1. The molecule has 0 fully saturated rings. The minimum Gasteiger partial charge on any atom is -0.399 e. The van der Waals surface area contributed by atoms with Gasteiger partial charge in [0.05, 0.1) is 5.52 Å². The van der Waals surface area contributed by atoms with Gasteiger partial charge in [-0.2, -0.15) is 0 Å². The number of carbonyl (C=O) groups is 1. The van der Waals surface area contributed by atoms with Gasteiger partial charge < -0.3 is 11.1 Å². The quantitative estimate of drug-likeness (QED) is 0.709. The minimum absolute atomic E-state index is 0.255. The summed E-state index contributed by atoms with van der Waals surface area (Å²) in [6.45, 7) is 0. The lowest BCUT2D eigenvalue weighted by Gasteiger charge is -2.08. The van der Waals surface area contributed by atoms with Gasteiger partial charge in [0.1, 0.15) is 5.82 Å². The number of carbonyl (C=O) groups excluding carboxylic acids is 1. The Labute approximate surface area is 120 Å². The first-order valence-corrected chi connectivity index (χ1v) is 6.34. The molecule has 0 radical (unpaired) electrons. The number of benzene rings is 2. The molecule has 2 aromatic carbocycles. The molecule has 0 bridgehead atoms. The summed E-state index contributed by atoms with van der Waals surface area (Å²) in [6.07, 6.45) is 1.66. The molecule has 0 aliphatic rings. The molecule has 3 rings (SSSR count). The molecule has 1 amide bonds. The van der Waals surface area contributed by atoms with Crippen LogP contribution in [0.5, 0.6) is 0 Å². The van der Waals surface area contributed by atoms with Crippen molar-refractivity contribution in [1.29, 1.82) is 0 Å². The van der Waals surface area contributed by atoms with Crippen LogP contribution in [0.15, 0.2) is 54.7 Å². The molecule has 3 N–H and O–H groups in total. The smallest absolute Gasteiger partial charge is 0.256 e. The van der Waals surface area contributed by atoms with Gasteiger partial charge in [-0.05, 0) is 36.4 Å². The molecule has 0 spiro atoms. The number of nitrogen functional groups attached to an aromatic ring is 1. The number of aromatic nitrogens is 1. The van der Waals surface area contributed by atoms with Gasteiger partial charge in [-0.15, -0.1) is 0 Å². The lowest BCUT2D eigenvalue weighted by Crippen LogP contribution is -2.12. The summed E-state index contributed by atoms with van der Waals surface area (Å²) >= 11 is 0. The van der Waals surface area contributed by atoms with Gasteiger partial charge in [-0.3, -0.25) is 9.78 Å². The van der Waals surface area contributed by atoms with Crippen LogP contribution in [0.3, 0.4) is 0 Å². The zero-order chi connectivity index (χ0) is 14.8. The predicted octanol–water partition coefficient (Wildman–Crippen LogP) is 3.21. The summed E-state index contributed by atoms with van der Waals surface area (Å²) in [6, 6.07) is 12.8. The van der Waals surface area contributed by atoms with Gasteiger partial charge in [-0.1, -0.05) is 12.1 Å². The Morgan fingerprint density at radius 1 is 1.14 bits per heavy atom. The lowest BCUT2D eigenvalue weighted by molar-refractivity contribution is 0.102. The van der Waals surface area contributed by atoms with Crippen molar-refractivity contribution in [1.82, 2.24) is 4.98 Å². The molecular weight excluding hydrogens is 269 g/mol. The molecule has 5 heteroatoms. The van der Waals surface area contributed by atoms with Crippen molar-refractivity contribution in [3.63, 3.8) is 0 Å². The van der Waals surface area contributed by atoms with E-state index in [-0.39, 0.29) is 11.6 Å². The van der Waals surface area contributed by atoms with Crippen LogP contribution < -0.4 is 11.1 Å².